The first-order chi connectivity index (χ1) is 15.9. The number of aryl methyl sites for hydroxylation is 1. The largest absolute Gasteiger partial charge is 0.504 e. The summed E-state index contributed by atoms with van der Waals surface area (Å²) in [6.07, 6.45) is 4.48. The van der Waals surface area contributed by atoms with Gasteiger partial charge in [0.1, 0.15) is 18.0 Å². The van der Waals surface area contributed by atoms with Gasteiger partial charge in [0.25, 0.3) is 0 Å². The molecule has 0 bridgehead atoms. The Morgan fingerprint density at radius 2 is 1.97 bits per heavy atom. The molecule has 0 spiro atoms. The van der Waals surface area contributed by atoms with Crippen molar-refractivity contribution in [2.24, 2.45) is 7.05 Å². The minimum absolute atomic E-state index is 0.128. The van der Waals surface area contributed by atoms with Crippen LogP contribution < -0.4 is 10.2 Å². The molecule has 4 aromatic rings. The number of halogens is 2. The van der Waals surface area contributed by atoms with Crippen LogP contribution in [0.2, 0.25) is 0 Å². The van der Waals surface area contributed by atoms with Crippen LogP contribution in [-0.4, -0.2) is 56.2 Å². The molecule has 33 heavy (non-hydrogen) atoms. The van der Waals surface area contributed by atoms with E-state index < -0.39 is 11.6 Å². The lowest BCUT2D eigenvalue weighted by molar-refractivity contribution is 0.332. The van der Waals surface area contributed by atoms with Crippen molar-refractivity contribution in [3.05, 3.63) is 42.3 Å². The maximum Gasteiger partial charge on any atom is 0.193 e. The molecule has 1 saturated heterocycles. The van der Waals surface area contributed by atoms with Gasteiger partial charge < -0.3 is 15.3 Å². The maximum atomic E-state index is 14.7. The number of nitrogens with zero attached hydrogens (tertiary/aromatic N) is 5. The molecule has 4 heterocycles. The molecule has 0 unspecified atom stereocenters. The number of aromatic nitrogens is 4. The van der Waals surface area contributed by atoms with E-state index in [1.54, 1.807) is 25.4 Å². The molecule has 1 aliphatic heterocycles. The Bertz CT molecular complexity index is 1380. The van der Waals surface area contributed by atoms with Crippen LogP contribution in [0.15, 0.2) is 36.5 Å². The predicted octanol–water partition coefficient (Wildman–Crippen LogP) is 3.70. The number of anilines is 1. The third-order valence-electron chi connectivity index (χ3n) is 6.76. The standard InChI is InChI=1S/C24H24F2N6O/c1-31-11-14-10-16(23(33)21(26)22(14)30-31)17-2-3-19-18(27-17)4-5-20(28-19)32-9-6-15(12-32)29-24(13-25)7-8-24/h2-5,10-11,15,29,33H,6-9,12-13H2,1H3/t15-/m1/s1. The lowest BCUT2D eigenvalue weighted by Crippen LogP contribution is -2.43. The third kappa shape index (κ3) is 3.47. The van der Waals surface area contributed by atoms with Crippen molar-refractivity contribution in [2.45, 2.75) is 30.8 Å². The molecule has 2 N–H and O–H groups in total. The Labute approximate surface area is 189 Å². The summed E-state index contributed by atoms with van der Waals surface area (Å²) >= 11 is 0. The number of rotatable bonds is 5. The van der Waals surface area contributed by atoms with E-state index in [1.807, 2.05) is 18.2 Å². The summed E-state index contributed by atoms with van der Waals surface area (Å²) in [6, 6.07) is 9.35. The fourth-order valence-electron chi connectivity index (χ4n) is 4.74. The van der Waals surface area contributed by atoms with Crippen LogP contribution >= 0.6 is 0 Å². The minimum Gasteiger partial charge on any atom is -0.504 e. The molecule has 9 heteroatoms. The van der Waals surface area contributed by atoms with E-state index in [4.69, 9.17) is 4.98 Å². The van der Waals surface area contributed by atoms with Gasteiger partial charge in [-0.2, -0.15) is 5.10 Å². The molecule has 0 amide bonds. The summed E-state index contributed by atoms with van der Waals surface area (Å²) in [5.41, 5.74) is 1.99. The van der Waals surface area contributed by atoms with Crippen LogP contribution in [-0.2, 0) is 7.05 Å². The quantitative estimate of drug-likeness (QED) is 0.483. The molecule has 6 rings (SSSR count). The number of hydrogen-bond acceptors (Lipinski definition) is 6. The fraction of sp³-hybridized carbons (Fsp3) is 0.375. The minimum atomic E-state index is -0.753. The van der Waals surface area contributed by atoms with Gasteiger partial charge in [-0.15, -0.1) is 0 Å². The van der Waals surface area contributed by atoms with Gasteiger partial charge in [0, 0.05) is 48.9 Å². The van der Waals surface area contributed by atoms with E-state index in [1.165, 1.54) is 4.68 Å². The van der Waals surface area contributed by atoms with Crippen LogP contribution in [0.3, 0.4) is 0 Å². The zero-order chi connectivity index (χ0) is 22.7. The molecular weight excluding hydrogens is 426 g/mol. The SMILES string of the molecule is Cn1cc2cc(-c3ccc4nc(N5CC[C@@H](NC6(CF)CC6)C5)ccc4n3)c(O)c(F)c2n1. The number of hydrogen-bond donors (Lipinski definition) is 2. The van der Waals surface area contributed by atoms with Crippen molar-refractivity contribution in [3.63, 3.8) is 0 Å². The number of benzene rings is 1. The van der Waals surface area contributed by atoms with E-state index in [9.17, 15) is 13.9 Å². The highest BCUT2D eigenvalue weighted by atomic mass is 19.1. The fourth-order valence-corrected chi connectivity index (χ4v) is 4.74. The Kier molecular flexibility index (Phi) is 4.52. The first kappa shape index (κ1) is 20.3. The highest BCUT2D eigenvalue weighted by molar-refractivity contribution is 5.89. The van der Waals surface area contributed by atoms with Crippen molar-refractivity contribution in [2.75, 3.05) is 24.7 Å². The van der Waals surface area contributed by atoms with Gasteiger partial charge in [-0.05, 0) is 49.6 Å². The Morgan fingerprint density at radius 1 is 1.18 bits per heavy atom. The van der Waals surface area contributed by atoms with Crippen molar-refractivity contribution < 1.29 is 13.9 Å². The van der Waals surface area contributed by atoms with E-state index in [-0.39, 0.29) is 23.8 Å². The maximum absolute atomic E-state index is 14.7. The molecular formula is C24H24F2N6O. The van der Waals surface area contributed by atoms with Crippen molar-refractivity contribution in [1.82, 2.24) is 25.1 Å². The number of fused-ring (bicyclic) bond motifs is 2. The molecule has 2 fully saturated rings. The van der Waals surface area contributed by atoms with Gasteiger partial charge >= 0.3 is 0 Å². The van der Waals surface area contributed by atoms with E-state index in [0.29, 0.717) is 22.2 Å². The molecule has 1 aliphatic carbocycles. The lowest BCUT2D eigenvalue weighted by atomic mass is 10.1. The summed E-state index contributed by atoms with van der Waals surface area (Å²) in [5, 5.41) is 18.6. The highest BCUT2D eigenvalue weighted by Crippen LogP contribution is 2.38. The third-order valence-corrected chi connectivity index (χ3v) is 6.76. The number of phenolic OH excluding ortho intramolecular Hbond substituents is 1. The van der Waals surface area contributed by atoms with Crippen LogP contribution in [0.5, 0.6) is 5.75 Å². The smallest absolute Gasteiger partial charge is 0.193 e. The molecule has 7 nitrogen and oxygen atoms in total. The summed E-state index contributed by atoms with van der Waals surface area (Å²) in [6.45, 7) is 1.35. The summed E-state index contributed by atoms with van der Waals surface area (Å²) < 4.78 is 29.4. The van der Waals surface area contributed by atoms with E-state index >= 15 is 0 Å². The highest BCUT2D eigenvalue weighted by Gasteiger charge is 2.45. The van der Waals surface area contributed by atoms with Gasteiger partial charge in [-0.3, -0.25) is 4.68 Å². The molecule has 170 valence electrons. The summed E-state index contributed by atoms with van der Waals surface area (Å²) in [7, 11) is 1.71. The average molecular weight is 450 g/mol. The molecule has 1 aromatic carbocycles. The topological polar surface area (TPSA) is 79.1 Å². The molecule has 0 radical (unpaired) electrons. The van der Waals surface area contributed by atoms with Gasteiger partial charge in [0.05, 0.1) is 16.7 Å². The Hall–Kier alpha value is -3.33. The number of pyridine rings is 2. The zero-order valence-electron chi connectivity index (χ0n) is 18.2. The average Bonchev–Trinajstić information content (AvgIpc) is 3.25. The Morgan fingerprint density at radius 3 is 2.76 bits per heavy atom. The van der Waals surface area contributed by atoms with Gasteiger partial charge in [0.15, 0.2) is 11.6 Å². The van der Waals surface area contributed by atoms with Crippen LogP contribution in [0.4, 0.5) is 14.6 Å². The van der Waals surface area contributed by atoms with Gasteiger partial charge in [-0.25, -0.2) is 18.7 Å². The molecule has 2 aliphatic rings. The Balaban J connectivity index is 1.28. The summed E-state index contributed by atoms with van der Waals surface area (Å²) in [4.78, 5) is 11.6. The van der Waals surface area contributed by atoms with Gasteiger partial charge in [-0.1, -0.05) is 0 Å². The lowest BCUT2D eigenvalue weighted by Gasteiger charge is -2.21. The van der Waals surface area contributed by atoms with Crippen LogP contribution in [0.25, 0.3) is 33.2 Å². The molecule has 1 saturated carbocycles. The number of phenols is 1. The van der Waals surface area contributed by atoms with Gasteiger partial charge in [0.2, 0.25) is 0 Å². The van der Waals surface area contributed by atoms with Crippen LogP contribution in [0.1, 0.15) is 19.3 Å². The summed E-state index contributed by atoms with van der Waals surface area (Å²) in [5.74, 6) is -0.358. The first-order valence-corrected chi connectivity index (χ1v) is 11.2. The monoisotopic (exact) mass is 450 g/mol. The first-order valence-electron chi connectivity index (χ1n) is 11.2. The number of nitrogens with one attached hydrogen (secondary N) is 1. The van der Waals surface area contributed by atoms with Crippen molar-refractivity contribution in [3.8, 4) is 17.0 Å². The van der Waals surface area contributed by atoms with Crippen LogP contribution in [0, 0.1) is 5.82 Å². The van der Waals surface area contributed by atoms with E-state index in [0.717, 1.165) is 43.7 Å². The zero-order valence-corrected chi connectivity index (χ0v) is 18.2. The second kappa shape index (κ2) is 7.34. The molecule has 1 atom stereocenters. The van der Waals surface area contributed by atoms with Crippen molar-refractivity contribution >= 4 is 27.8 Å². The van der Waals surface area contributed by atoms with Crippen molar-refractivity contribution in [1.29, 1.82) is 0 Å². The second-order valence-electron chi connectivity index (χ2n) is 9.22. The molecule has 3 aromatic heterocycles. The van der Waals surface area contributed by atoms with E-state index in [2.05, 4.69) is 20.3 Å². The second-order valence-corrected chi connectivity index (χ2v) is 9.22. The number of alkyl halides is 1. The predicted molar refractivity (Wildman–Crippen MR) is 123 cm³/mol. The normalized spacial score (nSPS) is 19.6. The number of aromatic hydroxyl groups is 1.